The van der Waals surface area contributed by atoms with Gasteiger partial charge in [-0.2, -0.15) is 4.98 Å². The Balaban J connectivity index is 2.02. The fourth-order valence-corrected chi connectivity index (χ4v) is 2.71. The third-order valence-electron chi connectivity index (χ3n) is 2.61. The lowest BCUT2D eigenvalue weighted by molar-refractivity contribution is 0.415. The summed E-state index contributed by atoms with van der Waals surface area (Å²) in [6.45, 7) is 0. The van der Waals surface area contributed by atoms with Crippen molar-refractivity contribution in [2.75, 3.05) is 12.4 Å². The second-order valence-corrected chi connectivity index (χ2v) is 5.09. The largest absolute Gasteiger partial charge is 0.497 e. The molecule has 2 heterocycles. The Morgan fingerprint density at radius 1 is 1.26 bits per heavy atom. The first kappa shape index (κ1) is 12.2. The maximum absolute atomic E-state index is 5.92. The maximum Gasteiger partial charge on any atom is 0.224 e. The van der Waals surface area contributed by atoms with Crippen LogP contribution in [0.4, 0.5) is 11.5 Å². The summed E-state index contributed by atoms with van der Waals surface area (Å²) in [5, 5.41) is 5.44. The topological polar surface area (TPSA) is 47.0 Å². The molecule has 0 saturated heterocycles. The van der Waals surface area contributed by atoms with Crippen molar-refractivity contribution >= 4 is 44.7 Å². The van der Waals surface area contributed by atoms with E-state index in [1.807, 2.05) is 35.7 Å². The number of methoxy groups -OCH3 is 1. The van der Waals surface area contributed by atoms with Gasteiger partial charge in [0.2, 0.25) is 5.28 Å². The predicted octanol–water partition coefficient (Wildman–Crippen LogP) is 4.10. The average Bonchev–Trinajstić information content (AvgIpc) is 2.87. The van der Waals surface area contributed by atoms with Gasteiger partial charge in [-0.25, -0.2) is 4.98 Å². The molecule has 0 radical (unpaired) electrons. The molecule has 0 atom stereocenters. The van der Waals surface area contributed by atoms with E-state index in [4.69, 9.17) is 16.3 Å². The fourth-order valence-electron chi connectivity index (χ4n) is 1.76. The maximum atomic E-state index is 5.92. The van der Waals surface area contributed by atoms with Crippen LogP contribution >= 0.6 is 22.9 Å². The number of halogens is 1. The quantitative estimate of drug-likeness (QED) is 0.738. The van der Waals surface area contributed by atoms with E-state index in [1.54, 1.807) is 18.4 Å². The number of nitrogens with one attached hydrogen (secondary N) is 1. The van der Waals surface area contributed by atoms with Gasteiger partial charge >= 0.3 is 0 Å². The Hall–Kier alpha value is -1.85. The highest BCUT2D eigenvalue weighted by Crippen LogP contribution is 2.30. The van der Waals surface area contributed by atoms with Gasteiger partial charge in [-0.15, -0.1) is 11.3 Å². The van der Waals surface area contributed by atoms with Crippen LogP contribution in [0.1, 0.15) is 0 Å². The number of nitrogens with zero attached hydrogens (tertiary/aromatic N) is 2. The van der Waals surface area contributed by atoms with Crippen LogP contribution in [0.2, 0.25) is 5.28 Å². The van der Waals surface area contributed by atoms with Crippen LogP contribution in [-0.2, 0) is 0 Å². The van der Waals surface area contributed by atoms with Gasteiger partial charge in [0.25, 0.3) is 0 Å². The van der Waals surface area contributed by atoms with Gasteiger partial charge in [-0.05, 0) is 35.2 Å². The minimum absolute atomic E-state index is 0.233. The molecule has 19 heavy (non-hydrogen) atoms. The minimum atomic E-state index is 0.233. The summed E-state index contributed by atoms with van der Waals surface area (Å²) >= 11 is 7.50. The molecule has 0 saturated carbocycles. The van der Waals surface area contributed by atoms with E-state index in [1.165, 1.54) is 0 Å². The first-order valence-corrected chi connectivity index (χ1v) is 6.84. The van der Waals surface area contributed by atoms with Crippen LogP contribution in [0.5, 0.6) is 5.75 Å². The second kappa shape index (κ2) is 5.03. The van der Waals surface area contributed by atoms with Gasteiger partial charge < -0.3 is 10.1 Å². The molecule has 3 aromatic rings. The van der Waals surface area contributed by atoms with E-state index < -0.39 is 0 Å². The molecule has 1 aromatic carbocycles. The summed E-state index contributed by atoms with van der Waals surface area (Å²) < 4.78 is 6.17. The number of ether oxygens (including phenoxy) is 1. The van der Waals surface area contributed by atoms with Crippen molar-refractivity contribution in [3.63, 3.8) is 0 Å². The molecule has 2 aromatic heterocycles. The highest BCUT2D eigenvalue weighted by molar-refractivity contribution is 7.17. The van der Waals surface area contributed by atoms with Crippen LogP contribution in [0, 0.1) is 0 Å². The zero-order chi connectivity index (χ0) is 13.2. The molecule has 0 aliphatic carbocycles. The normalized spacial score (nSPS) is 10.6. The van der Waals surface area contributed by atoms with Crippen molar-refractivity contribution in [3.8, 4) is 5.75 Å². The smallest absolute Gasteiger partial charge is 0.224 e. The van der Waals surface area contributed by atoms with Crippen LogP contribution in [0.25, 0.3) is 10.2 Å². The van der Waals surface area contributed by atoms with E-state index in [2.05, 4.69) is 15.3 Å². The summed E-state index contributed by atoms with van der Waals surface area (Å²) in [7, 11) is 1.64. The highest BCUT2D eigenvalue weighted by atomic mass is 35.5. The number of aromatic nitrogens is 2. The summed E-state index contributed by atoms with van der Waals surface area (Å²) in [4.78, 5) is 8.41. The molecule has 4 nitrogen and oxygen atoms in total. The minimum Gasteiger partial charge on any atom is -0.497 e. The Labute approximate surface area is 119 Å². The molecule has 0 spiro atoms. The van der Waals surface area contributed by atoms with Gasteiger partial charge in [0.05, 0.1) is 17.3 Å². The molecule has 1 N–H and O–H groups in total. The van der Waals surface area contributed by atoms with Crippen LogP contribution < -0.4 is 10.1 Å². The van der Waals surface area contributed by atoms with Crippen molar-refractivity contribution in [1.29, 1.82) is 0 Å². The molecule has 6 heteroatoms. The van der Waals surface area contributed by atoms with E-state index in [9.17, 15) is 0 Å². The molecule has 0 aliphatic heterocycles. The molecular formula is C13H10ClN3OS. The molecule has 0 bridgehead atoms. The second-order valence-electron chi connectivity index (χ2n) is 3.83. The zero-order valence-corrected chi connectivity index (χ0v) is 11.6. The number of hydrogen-bond donors (Lipinski definition) is 1. The first-order valence-electron chi connectivity index (χ1n) is 5.58. The lowest BCUT2D eigenvalue weighted by Gasteiger charge is -2.08. The Bertz CT molecular complexity index is 729. The molecule has 0 aliphatic rings. The Morgan fingerprint density at radius 2 is 2.16 bits per heavy atom. The monoisotopic (exact) mass is 291 g/mol. The Kier molecular flexibility index (Phi) is 3.23. The number of thiophene rings is 1. The predicted molar refractivity (Wildman–Crippen MR) is 78.7 cm³/mol. The SMILES string of the molecule is COc1cccc(Nc2nc(Cl)nc3ccsc23)c1. The number of anilines is 2. The van der Waals surface area contributed by atoms with Crippen molar-refractivity contribution in [2.24, 2.45) is 0 Å². The third kappa shape index (κ3) is 2.47. The molecule has 0 unspecified atom stereocenters. The number of fused-ring (bicyclic) bond motifs is 1. The zero-order valence-electron chi connectivity index (χ0n) is 10.1. The average molecular weight is 292 g/mol. The van der Waals surface area contributed by atoms with Gasteiger partial charge in [-0.1, -0.05) is 6.07 Å². The van der Waals surface area contributed by atoms with Crippen LogP contribution in [-0.4, -0.2) is 17.1 Å². The summed E-state index contributed by atoms with van der Waals surface area (Å²) in [6.07, 6.45) is 0. The summed E-state index contributed by atoms with van der Waals surface area (Å²) in [5.41, 5.74) is 1.74. The molecule has 0 fully saturated rings. The van der Waals surface area contributed by atoms with Gasteiger partial charge in [0.1, 0.15) is 5.75 Å². The van der Waals surface area contributed by atoms with E-state index >= 15 is 0 Å². The lowest BCUT2D eigenvalue weighted by atomic mass is 10.3. The summed E-state index contributed by atoms with van der Waals surface area (Å²) in [6, 6.07) is 9.56. The number of rotatable bonds is 3. The molecule has 3 rings (SSSR count). The van der Waals surface area contributed by atoms with E-state index in [0.717, 1.165) is 21.7 Å². The summed E-state index contributed by atoms with van der Waals surface area (Å²) in [5.74, 6) is 1.49. The van der Waals surface area contributed by atoms with Crippen LogP contribution in [0.15, 0.2) is 35.7 Å². The molecule has 96 valence electrons. The van der Waals surface area contributed by atoms with Crippen molar-refractivity contribution in [2.45, 2.75) is 0 Å². The van der Waals surface area contributed by atoms with Crippen molar-refractivity contribution in [1.82, 2.24) is 9.97 Å². The van der Waals surface area contributed by atoms with Crippen molar-refractivity contribution < 1.29 is 4.74 Å². The number of hydrogen-bond acceptors (Lipinski definition) is 5. The number of benzene rings is 1. The highest BCUT2D eigenvalue weighted by Gasteiger charge is 2.08. The fraction of sp³-hybridized carbons (Fsp3) is 0.0769. The standard InChI is InChI=1S/C13H10ClN3OS/c1-18-9-4-2-3-8(7-9)15-12-11-10(5-6-19-11)16-13(14)17-12/h2-7H,1H3,(H,15,16,17). The van der Waals surface area contributed by atoms with Crippen molar-refractivity contribution in [3.05, 3.63) is 41.0 Å². The molecule has 0 amide bonds. The lowest BCUT2D eigenvalue weighted by Crippen LogP contribution is -1.96. The Morgan fingerprint density at radius 3 is 3.00 bits per heavy atom. The van der Waals surface area contributed by atoms with Gasteiger partial charge in [-0.3, -0.25) is 0 Å². The van der Waals surface area contributed by atoms with Gasteiger partial charge in [0.15, 0.2) is 5.82 Å². The first-order chi connectivity index (χ1) is 9.26. The third-order valence-corrected chi connectivity index (χ3v) is 3.69. The van der Waals surface area contributed by atoms with E-state index in [0.29, 0.717) is 5.82 Å². The molecular weight excluding hydrogens is 282 g/mol. The van der Waals surface area contributed by atoms with Crippen LogP contribution in [0.3, 0.4) is 0 Å². The van der Waals surface area contributed by atoms with E-state index in [-0.39, 0.29) is 5.28 Å². The van der Waals surface area contributed by atoms with Gasteiger partial charge in [0, 0.05) is 11.8 Å².